The summed E-state index contributed by atoms with van der Waals surface area (Å²) >= 11 is 0. The monoisotopic (exact) mass is 274 g/mol. The minimum absolute atomic E-state index is 0.269. The third-order valence-corrected chi connectivity index (χ3v) is 2.96. The smallest absolute Gasteiger partial charge is 0.276 e. The van der Waals surface area contributed by atoms with E-state index in [0.717, 1.165) is 16.8 Å². The largest absolute Gasteiger partial charge is 0.348 e. The number of aromatic nitrogens is 3. The van der Waals surface area contributed by atoms with Gasteiger partial charge >= 0.3 is 0 Å². The highest BCUT2D eigenvalue weighted by molar-refractivity contribution is 5.94. The molecule has 1 aromatic carbocycles. The van der Waals surface area contributed by atoms with Gasteiger partial charge in [0.2, 0.25) is 6.23 Å². The summed E-state index contributed by atoms with van der Waals surface area (Å²) < 4.78 is 6.84. The second-order valence-corrected chi connectivity index (χ2v) is 4.44. The van der Waals surface area contributed by atoms with E-state index in [4.69, 9.17) is 4.74 Å². The number of amides is 1. The highest BCUT2D eigenvalue weighted by Gasteiger charge is 2.22. The van der Waals surface area contributed by atoms with Gasteiger partial charge < -0.3 is 10.1 Å². The Bertz CT molecular complexity index is 561. The summed E-state index contributed by atoms with van der Waals surface area (Å²) in [6.45, 7) is 6.14. The third-order valence-electron chi connectivity index (χ3n) is 2.96. The van der Waals surface area contributed by atoms with E-state index in [0.29, 0.717) is 6.61 Å². The summed E-state index contributed by atoms with van der Waals surface area (Å²) in [5, 5.41) is 6.86. The molecule has 0 bridgehead atoms. The number of carbonyl (C=O) groups excluding carboxylic acids is 1. The van der Waals surface area contributed by atoms with E-state index in [1.807, 2.05) is 39.0 Å². The van der Waals surface area contributed by atoms with Gasteiger partial charge in [0, 0.05) is 12.3 Å². The van der Waals surface area contributed by atoms with Crippen LogP contribution >= 0.6 is 0 Å². The van der Waals surface area contributed by atoms with Gasteiger partial charge in [-0.25, -0.2) is 9.67 Å². The second kappa shape index (κ2) is 6.29. The molecule has 0 radical (unpaired) electrons. The highest BCUT2D eigenvalue weighted by Crippen LogP contribution is 2.21. The Morgan fingerprint density at radius 3 is 2.65 bits per heavy atom. The standard InChI is InChI=1S/C14H18N4O2/c1-4-20-14(18-9-15-8-16-18)13(19)17-12-10(2)6-5-7-11(12)3/h5-9,14H,4H2,1-3H3,(H,17,19). The van der Waals surface area contributed by atoms with Gasteiger partial charge in [-0.2, -0.15) is 5.10 Å². The predicted octanol–water partition coefficient (Wildman–Crippen LogP) is 2.07. The molecule has 2 aromatic rings. The number of ether oxygens (including phenoxy) is 1. The van der Waals surface area contributed by atoms with Gasteiger partial charge in [0.1, 0.15) is 12.7 Å². The minimum Gasteiger partial charge on any atom is -0.348 e. The van der Waals surface area contributed by atoms with E-state index in [9.17, 15) is 4.79 Å². The van der Waals surface area contributed by atoms with Crippen molar-refractivity contribution in [1.29, 1.82) is 0 Å². The maximum atomic E-state index is 12.4. The van der Waals surface area contributed by atoms with Crippen LogP contribution in [-0.2, 0) is 9.53 Å². The zero-order valence-electron chi connectivity index (χ0n) is 11.8. The molecule has 1 unspecified atom stereocenters. The van der Waals surface area contributed by atoms with Crippen LogP contribution in [0.3, 0.4) is 0 Å². The Labute approximate surface area is 117 Å². The van der Waals surface area contributed by atoms with Crippen LogP contribution in [0.15, 0.2) is 30.9 Å². The SMILES string of the molecule is CCOC(C(=O)Nc1c(C)cccc1C)n1cncn1. The summed E-state index contributed by atoms with van der Waals surface area (Å²) in [6.07, 6.45) is 2.02. The first-order valence-electron chi connectivity index (χ1n) is 6.46. The number of nitrogens with zero attached hydrogens (tertiary/aromatic N) is 3. The van der Waals surface area contributed by atoms with Crippen molar-refractivity contribution < 1.29 is 9.53 Å². The van der Waals surface area contributed by atoms with Gasteiger partial charge in [-0.15, -0.1) is 0 Å². The van der Waals surface area contributed by atoms with Crippen LogP contribution in [0.4, 0.5) is 5.69 Å². The Balaban J connectivity index is 2.21. The molecular formula is C14H18N4O2. The molecule has 106 valence electrons. The molecule has 0 aliphatic carbocycles. The molecule has 0 saturated heterocycles. The molecule has 1 heterocycles. The summed E-state index contributed by atoms with van der Waals surface area (Å²) in [6, 6.07) is 5.86. The predicted molar refractivity (Wildman–Crippen MR) is 75.2 cm³/mol. The zero-order valence-corrected chi connectivity index (χ0v) is 11.8. The molecule has 20 heavy (non-hydrogen) atoms. The maximum absolute atomic E-state index is 12.4. The van der Waals surface area contributed by atoms with Crippen molar-refractivity contribution in [3.05, 3.63) is 42.0 Å². The molecule has 0 aliphatic rings. The Hall–Kier alpha value is -2.21. The topological polar surface area (TPSA) is 69.0 Å². The van der Waals surface area contributed by atoms with E-state index in [1.54, 1.807) is 0 Å². The fourth-order valence-electron chi connectivity index (χ4n) is 1.97. The van der Waals surface area contributed by atoms with Crippen molar-refractivity contribution >= 4 is 11.6 Å². The molecule has 1 amide bonds. The van der Waals surface area contributed by atoms with Gasteiger partial charge in [0.15, 0.2) is 0 Å². The van der Waals surface area contributed by atoms with E-state index < -0.39 is 6.23 Å². The second-order valence-electron chi connectivity index (χ2n) is 4.44. The Morgan fingerprint density at radius 1 is 1.40 bits per heavy atom. The van der Waals surface area contributed by atoms with Crippen molar-refractivity contribution in [1.82, 2.24) is 14.8 Å². The quantitative estimate of drug-likeness (QED) is 0.906. The number of rotatable bonds is 5. The van der Waals surface area contributed by atoms with Gasteiger partial charge in [-0.3, -0.25) is 4.79 Å². The highest BCUT2D eigenvalue weighted by atomic mass is 16.5. The Kier molecular flexibility index (Phi) is 4.47. The molecule has 0 spiro atoms. The summed E-state index contributed by atoms with van der Waals surface area (Å²) in [7, 11) is 0. The van der Waals surface area contributed by atoms with Gasteiger partial charge in [0.25, 0.3) is 5.91 Å². The van der Waals surface area contributed by atoms with Crippen molar-refractivity contribution in [3.8, 4) is 0 Å². The average Bonchev–Trinajstić information content (AvgIpc) is 2.94. The summed E-state index contributed by atoms with van der Waals surface area (Å²) in [5.74, 6) is -0.269. The van der Waals surface area contributed by atoms with E-state index in [2.05, 4.69) is 15.4 Å². The molecule has 0 fully saturated rings. The average molecular weight is 274 g/mol. The van der Waals surface area contributed by atoms with Crippen LogP contribution in [-0.4, -0.2) is 27.3 Å². The summed E-state index contributed by atoms with van der Waals surface area (Å²) in [4.78, 5) is 16.2. The fourth-order valence-corrected chi connectivity index (χ4v) is 1.97. The van der Waals surface area contributed by atoms with Crippen LogP contribution in [0, 0.1) is 13.8 Å². The van der Waals surface area contributed by atoms with Crippen molar-refractivity contribution in [2.45, 2.75) is 27.0 Å². The van der Waals surface area contributed by atoms with Crippen LogP contribution in [0.2, 0.25) is 0 Å². The first-order chi connectivity index (χ1) is 9.63. The number of nitrogens with one attached hydrogen (secondary N) is 1. The van der Waals surface area contributed by atoms with Crippen molar-refractivity contribution in [2.24, 2.45) is 0 Å². The van der Waals surface area contributed by atoms with Gasteiger partial charge in [0.05, 0.1) is 0 Å². The number of anilines is 1. The van der Waals surface area contributed by atoms with E-state index >= 15 is 0 Å². The molecule has 0 saturated carbocycles. The molecule has 1 atom stereocenters. The molecule has 6 heteroatoms. The lowest BCUT2D eigenvalue weighted by Gasteiger charge is -2.18. The first-order valence-corrected chi connectivity index (χ1v) is 6.46. The molecule has 1 aromatic heterocycles. The van der Waals surface area contributed by atoms with Crippen LogP contribution < -0.4 is 5.32 Å². The third kappa shape index (κ3) is 3.03. The lowest BCUT2D eigenvalue weighted by Crippen LogP contribution is -2.29. The zero-order chi connectivity index (χ0) is 14.5. The molecule has 0 aliphatic heterocycles. The normalized spacial score (nSPS) is 12.2. The minimum atomic E-state index is -0.818. The van der Waals surface area contributed by atoms with E-state index in [-0.39, 0.29) is 5.91 Å². The Morgan fingerprint density at radius 2 is 2.10 bits per heavy atom. The van der Waals surface area contributed by atoms with Crippen LogP contribution in [0.25, 0.3) is 0 Å². The lowest BCUT2D eigenvalue weighted by molar-refractivity contribution is -0.134. The molecule has 6 nitrogen and oxygen atoms in total. The molecule has 1 N–H and O–H groups in total. The van der Waals surface area contributed by atoms with Gasteiger partial charge in [-0.05, 0) is 31.9 Å². The lowest BCUT2D eigenvalue weighted by atomic mass is 10.1. The number of hydrogen-bond donors (Lipinski definition) is 1. The van der Waals surface area contributed by atoms with E-state index in [1.165, 1.54) is 17.3 Å². The van der Waals surface area contributed by atoms with Gasteiger partial charge in [-0.1, -0.05) is 18.2 Å². The van der Waals surface area contributed by atoms with Crippen molar-refractivity contribution in [2.75, 3.05) is 11.9 Å². The maximum Gasteiger partial charge on any atom is 0.276 e. The first kappa shape index (κ1) is 14.2. The van der Waals surface area contributed by atoms with Crippen molar-refractivity contribution in [3.63, 3.8) is 0 Å². The van der Waals surface area contributed by atoms with Crippen LogP contribution in [0.5, 0.6) is 0 Å². The summed E-state index contributed by atoms with van der Waals surface area (Å²) in [5.41, 5.74) is 2.82. The number of aryl methyl sites for hydroxylation is 2. The fraction of sp³-hybridized carbons (Fsp3) is 0.357. The molecule has 2 rings (SSSR count). The number of para-hydroxylation sites is 1. The number of carbonyl (C=O) groups is 1. The molecular weight excluding hydrogens is 256 g/mol. The number of hydrogen-bond acceptors (Lipinski definition) is 4. The number of benzene rings is 1. The van der Waals surface area contributed by atoms with Crippen LogP contribution in [0.1, 0.15) is 24.3 Å².